The van der Waals surface area contributed by atoms with Gasteiger partial charge >= 0.3 is 0 Å². The molecule has 0 aromatic heterocycles. The normalized spacial score (nSPS) is 31.2. The average molecular weight is 274 g/mol. The molecule has 2 heteroatoms. The second kappa shape index (κ2) is 5.40. The molecule has 0 spiro atoms. The van der Waals surface area contributed by atoms with Gasteiger partial charge in [0.15, 0.2) is 0 Å². The first-order chi connectivity index (χ1) is 9.55. The molecule has 4 atom stereocenters. The summed E-state index contributed by atoms with van der Waals surface area (Å²) in [5.74, 6) is 3.48. The predicted octanol–water partition coefficient (Wildman–Crippen LogP) is 3.82. The zero-order valence-electron chi connectivity index (χ0n) is 12.6. The molecular weight excluding hydrogens is 248 g/mol. The van der Waals surface area contributed by atoms with Crippen molar-refractivity contribution in [3.8, 4) is 5.75 Å². The molecule has 0 heterocycles. The summed E-state index contributed by atoms with van der Waals surface area (Å²) in [6.45, 7) is 2.00. The van der Waals surface area contributed by atoms with E-state index in [2.05, 4.69) is 12.1 Å². The van der Waals surface area contributed by atoms with Crippen molar-refractivity contribution in [3.63, 3.8) is 0 Å². The number of fused-ring (bicyclic) bond motifs is 2. The highest BCUT2D eigenvalue weighted by molar-refractivity contribution is 5.28. The number of ether oxygens (including phenoxy) is 1. The minimum absolute atomic E-state index is 0.580. The van der Waals surface area contributed by atoms with Gasteiger partial charge < -0.3 is 9.84 Å². The first-order valence-corrected chi connectivity index (χ1v) is 7.91. The van der Waals surface area contributed by atoms with Crippen LogP contribution in [-0.2, 0) is 6.42 Å². The molecule has 2 bridgehead atoms. The Morgan fingerprint density at radius 1 is 1.20 bits per heavy atom. The third kappa shape index (κ3) is 3.01. The number of aliphatic hydroxyl groups is 1. The molecule has 1 N–H and O–H groups in total. The van der Waals surface area contributed by atoms with Crippen molar-refractivity contribution in [2.75, 3.05) is 7.11 Å². The van der Waals surface area contributed by atoms with E-state index in [1.54, 1.807) is 7.11 Å². The highest BCUT2D eigenvalue weighted by Crippen LogP contribution is 2.50. The van der Waals surface area contributed by atoms with Crippen LogP contribution in [0.1, 0.15) is 44.6 Å². The Kier molecular flexibility index (Phi) is 3.76. The lowest BCUT2D eigenvalue weighted by atomic mass is 9.79. The fourth-order valence-electron chi connectivity index (χ4n) is 4.45. The van der Waals surface area contributed by atoms with Gasteiger partial charge in [-0.05, 0) is 68.1 Å². The van der Waals surface area contributed by atoms with Crippen molar-refractivity contribution in [3.05, 3.63) is 29.8 Å². The second-order valence-corrected chi connectivity index (χ2v) is 7.16. The molecular formula is C18H26O2. The van der Waals surface area contributed by atoms with Gasteiger partial charge in [0, 0.05) is 6.42 Å². The lowest BCUT2D eigenvalue weighted by Crippen LogP contribution is -2.32. The summed E-state index contributed by atoms with van der Waals surface area (Å²) in [6.07, 6.45) is 7.30. The first kappa shape index (κ1) is 13.9. The van der Waals surface area contributed by atoms with Crippen LogP contribution in [0.2, 0.25) is 0 Å². The van der Waals surface area contributed by atoms with Crippen LogP contribution < -0.4 is 4.74 Å². The SMILES string of the molecule is COc1ccc(CC(C)(O)CC2CC3CCC2C3)cc1. The molecule has 2 fully saturated rings. The van der Waals surface area contributed by atoms with E-state index < -0.39 is 5.60 Å². The minimum Gasteiger partial charge on any atom is -0.497 e. The molecule has 1 aromatic rings. The summed E-state index contributed by atoms with van der Waals surface area (Å²) in [5.41, 5.74) is 0.614. The van der Waals surface area contributed by atoms with Crippen LogP contribution in [0.25, 0.3) is 0 Å². The lowest BCUT2D eigenvalue weighted by Gasteiger charge is -2.31. The Labute approximate surface area is 122 Å². The Balaban J connectivity index is 1.59. The van der Waals surface area contributed by atoms with Gasteiger partial charge in [0.1, 0.15) is 5.75 Å². The number of hydrogen-bond donors (Lipinski definition) is 1. The Hall–Kier alpha value is -1.02. The standard InChI is InChI=1S/C18H26O2/c1-18(19,11-13-4-7-17(20-2)8-5-13)12-16-10-14-3-6-15(16)9-14/h4-5,7-8,14-16,19H,3,6,9-12H2,1-2H3. The van der Waals surface area contributed by atoms with Crippen LogP contribution in [0.3, 0.4) is 0 Å². The number of methoxy groups -OCH3 is 1. The van der Waals surface area contributed by atoms with Crippen LogP contribution >= 0.6 is 0 Å². The highest BCUT2D eigenvalue weighted by Gasteiger charge is 2.41. The van der Waals surface area contributed by atoms with Crippen LogP contribution in [0.5, 0.6) is 5.75 Å². The summed E-state index contributed by atoms with van der Waals surface area (Å²) in [4.78, 5) is 0. The topological polar surface area (TPSA) is 29.5 Å². The summed E-state index contributed by atoms with van der Waals surface area (Å²) < 4.78 is 5.18. The van der Waals surface area contributed by atoms with Crippen molar-refractivity contribution < 1.29 is 9.84 Å². The zero-order valence-corrected chi connectivity index (χ0v) is 12.6. The molecule has 20 heavy (non-hydrogen) atoms. The lowest BCUT2D eigenvalue weighted by molar-refractivity contribution is 0.0246. The van der Waals surface area contributed by atoms with Crippen molar-refractivity contribution >= 4 is 0 Å². The van der Waals surface area contributed by atoms with Crippen molar-refractivity contribution in [2.24, 2.45) is 17.8 Å². The zero-order chi connectivity index (χ0) is 14.2. The van der Waals surface area contributed by atoms with Gasteiger partial charge in [-0.3, -0.25) is 0 Å². The average Bonchev–Trinajstić information content (AvgIpc) is 3.01. The van der Waals surface area contributed by atoms with Crippen LogP contribution in [0.4, 0.5) is 0 Å². The summed E-state index contributed by atoms with van der Waals surface area (Å²) in [7, 11) is 1.68. The van der Waals surface area contributed by atoms with Gasteiger partial charge in [-0.25, -0.2) is 0 Å². The quantitative estimate of drug-likeness (QED) is 0.884. The van der Waals surface area contributed by atoms with Gasteiger partial charge in [-0.2, -0.15) is 0 Å². The van der Waals surface area contributed by atoms with E-state index in [0.717, 1.165) is 36.3 Å². The predicted molar refractivity (Wildman–Crippen MR) is 80.9 cm³/mol. The van der Waals surface area contributed by atoms with E-state index in [0.29, 0.717) is 0 Å². The van der Waals surface area contributed by atoms with Gasteiger partial charge in [-0.1, -0.05) is 18.6 Å². The molecule has 0 amide bonds. The van der Waals surface area contributed by atoms with Crippen LogP contribution in [0.15, 0.2) is 24.3 Å². The molecule has 0 radical (unpaired) electrons. The molecule has 2 saturated carbocycles. The van der Waals surface area contributed by atoms with Gasteiger partial charge in [0.25, 0.3) is 0 Å². The molecule has 0 saturated heterocycles. The number of rotatable bonds is 5. The summed E-state index contributed by atoms with van der Waals surface area (Å²) in [6, 6.07) is 8.08. The largest absolute Gasteiger partial charge is 0.497 e. The fourth-order valence-corrected chi connectivity index (χ4v) is 4.45. The molecule has 0 aliphatic heterocycles. The fraction of sp³-hybridized carbons (Fsp3) is 0.667. The molecule has 3 rings (SSSR count). The van der Waals surface area contributed by atoms with E-state index in [1.807, 2.05) is 19.1 Å². The number of hydrogen-bond acceptors (Lipinski definition) is 2. The van der Waals surface area contributed by atoms with Crippen molar-refractivity contribution in [2.45, 2.75) is 51.0 Å². The van der Waals surface area contributed by atoms with Gasteiger partial charge in [0.05, 0.1) is 12.7 Å². The third-order valence-electron chi connectivity index (χ3n) is 5.33. The van der Waals surface area contributed by atoms with Crippen molar-refractivity contribution in [1.82, 2.24) is 0 Å². The minimum atomic E-state index is -0.580. The van der Waals surface area contributed by atoms with E-state index in [9.17, 15) is 5.11 Å². The maximum atomic E-state index is 10.8. The van der Waals surface area contributed by atoms with Gasteiger partial charge in [0.2, 0.25) is 0 Å². The van der Waals surface area contributed by atoms with Crippen LogP contribution in [-0.4, -0.2) is 17.8 Å². The molecule has 2 aliphatic rings. The smallest absolute Gasteiger partial charge is 0.118 e. The Morgan fingerprint density at radius 3 is 2.50 bits per heavy atom. The summed E-state index contributed by atoms with van der Waals surface area (Å²) >= 11 is 0. The second-order valence-electron chi connectivity index (χ2n) is 7.16. The first-order valence-electron chi connectivity index (χ1n) is 7.91. The third-order valence-corrected chi connectivity index (χ3v) is 5.33. The van der Waals surface area contributed by atoms with Crippen molar-refractivity contribution in [1.29, 1.82) is 0 Å². The van der Waals surface area contributed by atoms with E-state index >= 15 is 0 Å². The maximum absolute atomic E-state index is 10.8. The highest BCUT2D eigenvalue weighted by atomic mass is 16.5. The van der Waals surface area contributed by atoms with Gasteiger partial charge in [-0.15, -0.1) is 0 Å². The summed E-state index contributed by atoms with van der Waals surface area (Å²) in [5, 5.41) is 10.8. The van der Waals surface area contributed by atoms with E-state index in [4.69, 9.17) is 4.74 Å². The molecule has 110 valence electrons. The molecule has 2 nitrogen and oxygen atoms in total. The number of benzene rings is 1. The monoisotopic (exact) mass is 274 g/mol. The maximum Gasteiger partial charge on any atom is 0.118 e. The Bertz CT molecular complexity index is 449. The van der Waals surface area contributed by atoms with Crippen LogP contribution in [0, 0.1) is 17.8 Å². The van der Waals surface area contributed by atoms with E-state index in [-0.39, 0.29) is 0 Å². The molecule has 2 aliphatic carbocycles. The molecule has 4 unspecified atom stereocenters. The Morgan fingerprint density at radius 2 is 1.95 bits per heavy atom. The van der Waals surface area contributed by atoms with E-state index in [1.165, 1.54) is 31.2 Å². The molecule has 1 aromatic carbocycles.